The lowest BCUT2D eigenvalue weighted by Gasteiger charge is -2.42. The summed E-state index contributed by atoms with van der Waals surface area (Å²) in [5.74, 6) is 2.10. The van der Waals surface area contributed by atoms with Crippen LogP contribution in [0.4, 0.5) is 0 Å². The van der Waals surface area contributed by atoms with Crippen LogP contribution >= 0.6 is 15.9 Å². The maximum absolute atomic E-state index is 13.4. The summed E-state index contributed by atoms with van der Waals surface area (Å²) >= 11 is 3.61. The van der Waals surface area contributed by atoms with Crippen LogP contribution in [-0.4, -0.2) is 25.3 Å². The molecule has 1 aliphatic heterocycles. The smallest absolute Gasteiger partial charge is 0.175 e. The fraction of sp³-hybridized carbons (Fsp3) is 0.481. The molecule has 0 radical (unpaired) electrons. The molecule has 176 valence electrons. The van der Waals surface area contributed by atoms with Gasteiger partial charge in [0.1, 0.15) is 18.1 Å². The van der Waals surface area contributed by atoms with Crippen molar-refractivity contribution in [1.29, 1.82) is 0 Å². The normalized spacial score (nSPS) is 21.9. The van der Waals surface area contributed by atoms with Crippen molar-refractivity contribution in [2.24, 2.45) is 10.8 Å². The Kier molecular flexibility index (Phi) is 6.10. The van der Waals surface area contributed by atoms with Crippen LogP contribution in [-0.2, 0) is 14.3 Å². The van der Waals surface area contributed by atoms with Gasteiger partial charge in [0.05, 0.1) is 11.6 Å². The minimum absolute atomic E-state index is 0.0394. The fourth-order valence-electron chi connectivity index (χ4n) is 5.20. The Bertz CT molecular complexity index is 1050. The van der Waals surface area contributed by atoms with Gasteiger partial charge in [0.15, 0.2) is 23.1 Å². The number of methoxy groups -OCH3 is 1. The van der Waals surface area contributed by atoms with Crippen molar-refractivity contribution in [3.63, 3.8) is 0 Å². The predicted molar refractivity (Wildman–Crippen MR) is 130 cm³/mol. The van der Waals surface area contributed by atoms with Gasteiger partial charge in [0.2, 0.25) is 0 Å². The van der Waals surface area contributed by atoms with Crippen LogP contribution in [0.3, 0.4) is 0 Å². The summed E-state index contributed by atoms with van der Waals surface area (Å²) in [5, 5.41) is 0. The molecular weight excluding hydrogens is 484 g/mol. The Labute approximate surface area is 204 Å². The Morgan fingerprint density at radius 3 is 2.06 bits per heavy atom. The number of rotatable bonds is 5. The van der Waals surface area contributed by atoms with Crippen LogP contribution in [0.2, 0.25) is 0 Å². The molecule has 0 saturated heterocycles. The number of allylic oxidation sites excluding steroid dienone is 4. The second-order valence-electron chi connectivity index (χ2n) is 10.7. The van der Waals surface area contributed by atoms with Crippen molar-refractivity contribution >= 4 is 27.5 Å². The molecule has 2 aliphatic carbocycles. The third-order valence-corrected chi connectivity index (χ3v) is 7.10. The minimum atomic E-state index is -0.477. The molecule has 5 nitrogen and oxygen atoms in total. The maximum Gasteiger partial charge on any atom is 0.175 e. The Hall–Kier alpha value is -2.34. The van der Waals surface area contributed by atoms with E-state index in [9.17, 15) is 9.59 Å². The number of carbonyl (C=O) groups is 2. The average Bonchev–Trinajstić information content (AvgIpc) is 2.68. The summed E-state index contributed by atoms with van der Waals surface area (Å²) < 4.78 is 18.5. The van der Waals surface area contributed by atoms with Crippen molar-refractivity contribution in [2.45, 2.75) is 59.3 Å². The zero-order chi connectivity index (χ0) is 24.1. The van der Waals surface area contributed by atoms with Crippen molar-refractivity contribution in [2.75, 3.05) is 13.7 Å². The highest BCUT2D eigenvalue weighted by molar-refractivity contribution is 9.10. The number of halogens is 1. The monoisotopic (exact) mass is 514 g/mol. The maximum atomic E-state index is 13.4. The molecule has 0 atom stereocenters. The van der Waals surface area contributed by atoms with Crippen LogP contribution < -0.4 is 9.47 Å². The predicted octanol–water partition coefficient (Wildman–Crippen LogP) is 6.42. The first-order valence-electron chi connectivity index (χ1n) is 11.3. The molecule has 0 amide bonds. The molecule has 33 heavy (non-hydrogen) atoms. The lowest BCUT2D eigenvalue weighted by molar-refractivity contribution is -0.120. The molecule has 1 aromatic carbocycles. The summed E-state index contributed by atoms with van der Waals surface area (Å²) in [6.45, 7) is 12.4. The molecule has 0 bridgehead atoms. The van der Waals surface area contributed by atoms with Gasteiger partial charge in [-0.3, -0.25) is 9.59 Å². The van der Waals surface area contributed by atoms with Gasteiger partial charge in [-0.05, 0) is 44.5 Å². The molecule has 6 heteroatoms. The largest absolute Gasteiger partial charge is 0.493 e. The third-order valence-electron chi connectivity index (χ3n) is 6.51. The number of ketones is 2. The van der Waals surface area contributed by atoms with Crippen molar-refractivity contribution < 1.29 is 23.8 Å². The molecule has 4 rings (SSSR count). The zero-order valence-electron chi connectivity index (χ0n) is 20.0. The van der Waals surface area contributed by atoms with Gasteiger partial charge in [-0.1, -0.05) is 40.3 Å². The number of carbonyl (C=O) groups excluding carboxylic acids is 2. The number of benzene rings is 1. The highest BCUT2D eigenvalue weighted by atomic mass is 79.9. The highest BCUT2D eigenvalue weighted by Gasteiger charge is 2.48. The van der Waals surface area contributed by atoms with E-state index >= 15 is 0 Å². The number of hydrogen-bond acceptors (Lipinski definition) is 5. The summed E-state index contributed by atoms with van der Waals surface area (Å²) in [6, 6.07) is 3.79. The Morgan fingerprint density at radius 2 is 1.58 bits per heavy atom. The van der Waals surface area contributed by atoms with Gasteiger partial charge in [0, 0.05) is 42.7 Å². The van der Waals surface area contributed by atoms with Gasteiger partial charge in [0.25, 0.3) is 0 Å². The van der Waals surface area contributed by atoms with E-state index in [0.29, 0.717) is 70.9 Å². The highest BCUT2D eigenvalue weighted by Crippen LogP contribution is 2.54. The summed E-state index contributed by atoms with van der Waals surface area (Å²) in [4.78, 5) is 26.9. The minimum Gasteiger partial charge on any atom is -0.493 e. The first kappa shape index (κ1) is 23.8. The van der Waals surface area contributed by atoms with Gasteiger partial charge in [-0.2, -0.15) is 0 Å². The van der Waals surface area contributed by atoms with Gasteiger partial charge >= 0.3 is 0 Å². The topological polar surface area (TPSA) is 61.8 Å². The van der Waals surface area contributed by atoms with Crippen LogP contribution in [0, 0.1) is 10.8 Å². The summed E-state index contributed by atoms with van der Waals surface area (Å²) in [6.07, 6.45) is 3.83. The van der Waals surface area contributed by atoms with E-state index in [1.807, 2.05) is 12.1 Å². The van der Waals surface area contributed by atoms with E-state index in [-0.39, 0.29) is 22.4 Å². The van der Waals surface area contributed by atoms with Gasteiger partial charge in [-0.15, -0.1) is 0 Å². The zero-order valence-corrected chi connectivity index (χ0v) is 21.6. The number of ether oxygens (including phenoxy) is 3. The summed E-state index contributed by atoms with van der Waals surface area (Å²) in [5.41, 5.74) is 1.65. The van der Waals surface area contributed by atoms with Gasteiger partial charge in [-0.25, -0.2) is 0 Å². The first-order valence-corrected chi connectivity index (χ1v) is 12.1. The van der Waals surface area contributed by atoms with Gasteiger partial charge < -0.3 is 14.2 Å². The van der Waals surface area contributed by atoms with Crippen molar-refractivity contribution in [1.82, 2.24) is 0 Å². The number of hydrogen-bond donors (Lipinski definition) is 0. The molecule has 0 N–H and O–H groups in total. The van der Waals surface area contributed by atoms with E-state index in [0.717, 1.165) is 5.56 Å². The standard InChI is InChI=1S/C27H31BrO5/c1-7-8-32-25-16(28)9-15(10-19(25)31-6)22-23-17(29)11-26(2,3)13-20(23)33-21-14-27(4,5)12-18(30)24(21)22/h7,9-10,22H,1,8,11-14H2,2-6H3. The molecule has 1 aromatic rings. The van der Waals surface area contributed by atoms with Crippen molar-refractivity contribution in [3.8, 4) is 11.5 Å². The van der Waals surface area contributed by atoms with E-state index < -0.39 is 5.92 Å². The van der Waals surface area contributed by atoms with Crippen LogP contribution in [0.5, 0.6) is 11.5 Å². The quantitative estimate of drug-likeness (QED) is 0.424. The lowest BCUT2D eigenvalue weighted by atomic mass is 9.65. The Morgan fingerprint density at radius 1 is 1.03 bits per heavy atom. The molecule has 1 heterocycles. The molecule has 0 aromatic heterocycles. The number of Topliss-reactive ketones (excluding diaryl/α,β-unsaturated/α-hetero) is 2. The summed E-state index contributed by atoms with van der Waals surface area (Å²) in [7, 11) is 1.58. The molecule has 0 unspecified atom stereocenters. The second kappa shape index (κ2) is 8.46. The molecule has 0 spiro atoms. The Balaban J connectivity index is 1.92. The lowest BCUT2D eigenvalue weighted by Crippen LogP contribution is -2.37. The molecule has 3 aliphatic rings. The first-order chi connectivity index (χ1) is 15.5. The third kappa shape index (κ3) is 4.42. The van der Waals surface area contributed by atoms with Crippen LogP contribution in [0.1, 0.15) is 64.9 Å². The second-order valence-corrected chi connectivity index (χ2v) is 11.6. The van der Waals surface area contributed by atoms with Crippen molar-refractivity contribution in [3.05, 3.63) is 57.5 Å². The molecule has 0 fully saturated rings. The van der Waals surface area contributed by atoms with E-state index in [2.05, 4.69) is 50.2 Å². The van der Waals surface area contributed by atoms with E-state index in [1.54, 1.807) is 13.2 Å². The molecular formula is C27H31BrO5. The van der Waals surface area contributed by atoms with Crippen LogP contribution in [0.15, 0.2) is 51.9 Å². The molecule has 0 saturated carbocycles. The fourth-order valence-corrected chi connectivity index (χ4v) is 5.77. The van der Waals surface area contributed by atoms with E-state index in [4.69, 9.17) is 14.2 Å². The average molecular weight is 515 g/mol. The van der Waals surface area contributed by atoms with Crippen LogP contribution in [0.25, 0.3) is 0 Å². The SMILES string of the molecule is C=CCOc1c(Br)cc(C2C3=C(CC(C)(C)CC3=O)OC3=C2C(=O)CC(C)(C)C3)cc1OC. The van der Waals surface area contributed by atoms with E-state index in [1.165, 1.54) is 0 Å².